The van der Waals surface area contributed by atoms with Crippen molar-refractivity contribution in [3.05, 3.63) is 29.3 Å². The second-order valence-corrected chi connectivity index (χ2v) is 5.11. The highest BCUT2D eigenvalue weighted by molar-refractivity contribution is 7.80. The van der Waals surface area contributed by atoms with Gasteiger partial charge in [-0.15, -0.1) is 0 Å². The van der Waals surface area contributed by atoms with Gasteiger partial charge in [-0.05, 0) is 12.1 Å². The molecule has 0 aliphatic carbocycles. The lowest BCUT2D eigenvalue weighted by atomic mass is 10.2. The lowest BCUT2D eigenvalue weighted by molar-refractivity contribution is 0.292. The summed E-state index contributed by atoms with van der Waals surface area (Å²) in [5, 5.41) is 0.815. The third kappa shape index (κ3) is 3.31. The van der Waals surface area contributed by atoms with Crippen LogP contribution in [0.25, 0.3) is 0 Å². The molecule has 0 spiro atoms. The molecule has 0 amide bonds. The van der Waals surface area contributed by atoms with Crippen LogP contribution in [-0.4, -0.2) is 42.6 Å². The van der Waals surface area contributed by atoms with Crippen LogP contribution in [0, 0.1) is 0 Å². The second-order valence-electron chi connectivity index (χ2n) is 4.18. The highest BCUT2D eigenvalue weighted by Gasteiger charge is 2.18. The molecule has 2 N–H and O–H groups in total. The van der Waals surface area contributed by atoms with Crippen LogP contribution in [-0.2, 0) is 0 Å². The van der Waals surface area contributed by atoms with E-state index >= 15 is 0 Å². The Balaban J connectivity index is 1.95. The van der Waals surface area contributed by atoms with Gasteiger partial charge >= 0.3 is 0 Å². The molecule has 2 rings (SSSR count). The monoisotopic (exact) mass is 269 g/mol. The molecule has 1 aliphatic heterocycles. The Morgan fingerprint density at radius 3 is 2.47 bits per heavy atom. The molecule has 3 nitrogen and oxygen atoms in total. The first-order valence-corrected chi connectivity index (χ1v) is 6.45. The molecule has 0 atom stereocenters. The van der Waals surface area contributed by atoms with Gasteiger partial charge in [-0.1, -0.05) is 36.0 Å². The summed E-state index contributed by atoms with van der Waals surface area (Å²) >= 11 is 11.1. The summed E-state index contributed by atoms with van der Waals surface area (Å²) in [4.78, 5) is 5.14. The van der Waals surface area contributed by atoms with E-state index in [-0.39, 0.29) is 0 Å². The number of halogens is 1. The number of piperazine rings is 1. The van der Waals surface area contributed by atoms with E-state index in [4.69, 9.17) is 29.6 Å². The fraction of sp³-hybridized carbons (Fsp3) is 0.417. The van der Waals surface area contributed by atoms with Crippen LogP contribution in [0.15, 0.2) is 24.3 Å². The number of benzene rings is 1. The zero-order chi connectivity index (χ0) is 12.3. The van der Waals surface area contributed by atoms with E-state index in [1.807, 2.05) is 18.2 Å². The Morgan fingerprint density at radius 2 is 1.88 bits per heavy atom. The Hall–Kier alpha value is -0.840. The minimum Gasteiger partial charge on any atom is -0.392 e. The van der Waals surface area contributed by atoms with Gasteiger partial charge in [-0.2, -0.15) is 0 Å². The molecule has 0 radical (unpaired) electrons. The fourth-order valence-electron chi connectivity index (χ4n) is 2.08. The second kappa shape index (κ2) is 5.67. The number of para-hydroxylation sites is 1. The number of nitrogens with two attached hydrogens (primary N) is 1. The quantitative estimate of drug-likeness (QED) is 0.848. The molecule has 92 valence electrons. The molecule has 1 fully saturated rings. The molecule has 1 aliphatic rings. The lowest BCUT2D eigenvalue weighted by Gasteiger charge is -2.36. The van der Waals surface area contributed by atoms with Crippen molar-refractivity contribution in [1.82, 2.24) is 4.90 Å². The molecule has 1 aromatic carbocycles. The van der Waals surface area contributed by atoms with Crippen molar-refractivity contribution in [2.45, 2.75) is 0 Å². The number of thiocarbonyl (C=S) groups is 1. The van der Waals surface area contributed by atoms with Gasteiger partial charge in [-0.25, -0.2) is 0 Å². The molecule has 17 heavy (non-hydrogen) atoms. The highest BCUT2D eigenvalue weighted by atomic mass is 35.5. The van der Waals surface area contributed by atoms with Crippen LogP contribution in [0.1, 0.15) is 0 Å². The van der Waals surface area contributed by atoms with E-state index in [0.29, 0.717) is 11.5 Å². The van der Waals surface area contributed by atoms with Gasteiger partial charge in [0, 0.05) is 32.7 Å². The third-order valence-corrected chi connectivity index (χ3v) is 3.39. The fourth-order valence-corrected chi connectivity index (χ4v) is 2.51. The molecular weight excluding hydrogens is 254 g/mol. The SMILES string of the molecule is NC(=S)CN1CCN(c2ccccc2Cl)CC1. The van der Waals surface area contributed by atoms with Crippen LogP contribution in [0.2, 0.25) is 5.02 Å². The summed E-state index contributed by atoms with van der Waals surface area (Å²) in [5.74, 6) is 0. The van der Waals surface area contributed by atoms with E-state index < -0.39 is 0 Å². The predicted octanol–water partition coefficient (Wildman–Crippen LogP) is 1.75. The van der Waals surface area contributed by atoms with Gasteiger partial charge in [0.25, 0.3) is 0 Å². The summed E-state index contributed by atoms with van der Waals surface area (Å²) in [5.41, 5.74) is 6.66. The van der Waals surface area contributed by atoms with Crippen LogP contribution in [0.4, 0.5) is 5.69 Å². The summed E-state index contributed by atoms with van der Waals surface area (Å²) < 4.78 is 0. The highest BCUT2D eigenvalue weighted by Crippen LogP contribution is 2.25. The van der Waals surface area contributed by atoms with Gasteiger partial charge in [-0.3, -0.25) is 4.90 Å². The Kier molecular flexibility index (Phi) is 4.20. The number of anilines is 1. The Bertz CT molecular complexity index is 402. The summed E-state index contributed by atoms with van der Waals surface area (Å²) in [6.45, 7) is 4.59. The van der Waals surface area contributed by atoms with Crippen molar-refractivity contribution in [3.63, 3.8) is 0 Å². The van der Waals surface area contributed by atoms with Gasteiger partial charge in [0.15, 0.2) is 0 Å². The van der Waals surface area contributed by atoms with Crippen molar-refractivity contribution < 1.29 is 0 Å². The minimum absolute atomic E-state index is 0.566. The van der Waals surface area contributed by atoms with Crippen molar-refractivity contribution >= 4 is 34.5 Å². The Labute approximate surface area is 112 Å². The molecule has 0 aromatic heterocycles. The van der Waals surface area contributed by atoms with E-state index in [1.54, 1.807) is 0 Å². The molecule has 1 aromatic rings. The smallest absolute Gasteiger partial charge is 0.0870 e. The first-order valence-electron chi connectivity index (χ1n) is 5.67. The number of hydrogen-bond donors (Lipinski definition) is 1. The minimum atomic E-state index is 0.566. The zero-order valence-corrected chi connectivity index (χ0v) is 11.2. The largest absolute Gasteiger partial charge is 0.392 e. The average Bonchev–Trinajstić information content (AvgIpc) is 2.30. The summed E-state index contributed by atoms with van der Waals surface area (Å²) in [6, 6.07) is 7.96. The molecule has 5 heteroatoms. The van der Waals surface area contributed by atoms with Crippen LogP contribution < -0.4 is 10.6 Å². The number of hydrogen-bond acceptors (Lipinski definition) is 3. The van der Waals surface area contributed by atoms with Crippen LogP contribution in [0.5, 0.6) is 0 Å². The van der Waals surface area contributed by atoms with Crippen LogP contribution in [0.3, 0.4) is 0 Å². The van der Waals surface area contributed by atoms with E-state index in [0.717, 1.165) is 36.9 Å². The standard InChI is InChI=1S/C12H16ClN3S/c13-10-3-1-2-4-11(10)16-7-5-15(6-8-16)9-12(14)17/h1-4H,5-9H2,(H2,14,17). The van der Waals surface area contributed by atoms with Crippen LogP contribution >= 0.6 is 23.8 Å². The summed E-state index contributed by atoms with van der Waals surface area (Å²) in [6.07, 6.45) is 0. The zero-order valence-electron chi connectivity index (χ0n) is 9.60. The predicted molar refractivity (Wildman–Crippen MR) is 76.9 cm³/mol. The van der Waals surface area contributed by atoms with Gasteiger partial charge in [0.1, 0.15) is 0 Å². The number of nitrogens with zero attached hydrogens (tertiary/aromatic N) is 2. The molecule has 0 saturated carbocycles. The number of rotatable bonds is 3. The first kappa shape index (κ1) is 12.6. The average molecular weight is 270 g/mol. The Morgan fingerprint density at radius 1 is 1.24 bits per heavy atom. The maximum absolute atomic E-state index is 6.18. The third-order valence-electron chi connectivity index (χ3n) is 2.94. The van der Waals surface area contributed by atoms with E-state index in [2.05, 4.69) is 15.9 Å². The van der Waals surface area contributed by atoms with Crippen molar-refractivity contribution in [3.8, 4) is 0 Å². The van der Waals surface area contributed by atoms with Crippen molar-refractivity contribution in [2.24, 2.45) is 5.73 Å². The molecular formula is C12H16ClN3S. The molecule has 1 heterocycles. The lowest BCUT2D eigenvalue weighted by Crippen LogP contribution is -2.48. The molecule has 0 unspecified atom stereocenters. The summed E-state index contributed by atoms with van der Waals surface area (Å²) in [7, 11) is 0. The van der Waals surface area contributed by atoms with Crippen molar-refractivity contribution in [2.75, 3.05) is 37.6 Å². The van der Waals surface area contributed by atoms with E-state index in [9.17, 15) is 0 Å². The normalized spacial score (nSPS) is 17.1. The van der Waals surface area contributed by atoms with Gasteiger partial charge in [0.2, 0.25) is 0 Å². The first-order chi connectivity index (χ1) is 8.16. The van der Waals surface area contributed by atoms with E-state index in [1.165, 1.54) is 0 Å². The van der Waals surface area contributed by atoms with Gasteiger partial charge in [0.05, 0.1) is 15.7 Å². The topological polar surface area (TPSA) is 32.5 Å². The maximum atomic E-state index is 6.18. The van der Waals surface area contributed by atoms with Gasteiger partial charge < -0.3 is 10.6 Å². The molecule has 0 bridgehead atoms. The maximum Gasteiger partial charge on any atom is 0.0870 e. The molecule has 1 saturated heterocycles. The van der Waals surface area contributed by atoms with Crippen molar-refractivity contribution in [1.29, 1.82) is 0 Å².